The third-order valence-corrected chi connectivity index (χ3v) is 5.31. The molecule has 1 aliphatic carbocycles. The van der Waals surface area contributed by atoms with Crippen LogP contribution < -0.4 is 5.73 Å². The molecule has 3 rings (SSSR count). The Morgan fingerprint density at radius 3 is 2.32 bits per heavy atom. The molecule has 1 saturated carbocycles. The van der Waals surface area contributed by atoms with Gasteiger partial charge in [-0.1, -0.05) is 45.0 Å². The lowest BCUT2D eigenvalue weighted by Gasteiger charge is -2.37. The van der Waals surface area contributed by atoms with Gasteiger partial charge in [0.1, 0.15) is 5.82 Å². The first-order valence-corrected chi connectivity index (χ1v) is 8.35. The summed E-state index contributed by atoms with van der Waals surface area (Å²) in [6.07, 6.45) is 7.04. The van der Waals surface area contributed by atoms with E-state index in [0.29, 0.717) is 17.2 Å². The third kappa shape index (κ3) is 2.90. The normalized spacial score (nSPS) is 22.7. The zero-order valence-corrected chi connectivity index (χ0v) is 13.9. The van der Waals surface area contributed by atoms with Crippen LogP contribution in [0.15, 0.2) is 30.5 Å². The molecular weight excluding hydrogens is 270 g/mol. The molecule has 0 atom stereocenters. The van der Waals surface area contributed by atoms with Gasteiger partial charge in [-0.25, -0.2) is 0 Å². The number of anilines is 1. The number of nitrogens with two attached hydrogens (primary N) is 1. The van der Waals surface area contributed by atoms with Gasteiger partial charge in [0.2, 0.25) is 0 Å². The van der Waals surface area contributed by atoms with Crippen LogP contribution in [0.25, 0.3) is 11.1 Å². The number of H-pyrrole nitrogens is 1. The van der Waals surface area contributed by atoms with Gasteiger partial charge in [0.25, 0.3) is 0 Å². The number of rotatable bonds is 2. The van der Waals surface area contributed by atoms with E-state index in [2.05, 4.69) is 55.2 Å². The smallest absolute Gasteiger partial charge is 0.126 e. The second-order valence-corrected chi connectivity index (χ2v) is 7.70. The van der Waals surface area contributed by atoms with Crippen LogP contribution in [0.5, 0.6) is 0 Å². The van der Waals surface area contributed by atoms with Gasteiger partial charge in [0, 0.05) is 5.56 Å². The highest BCUT2D eigenvalue weighted by molar-refractivity contribution is 5.76. The SMILES string of the molecule is CC(C)(C)C1CCC(c2ccccc2-c2cn[nH]c2N)CC1. The molecule has 0 spiro atoms. The summed E-state index contributed by atoms with van der Waals surface area (Å²) in [7, 11) is 0. The molecule has 0 aliphatic heterocycles. The number of hydrogen-bond acceptors (Lipinski definition) is 2. The van der Waals surface area contributed by atoms with Gasteiger partial charge >= 0.3 is 0 Å². The summed E-state index contributed by atoms with van der Waals surface area (Å²) >= 11 is 0. The maximum Gasteiger partial charge on any atom is 0.126 e. The van der Waals surface area contributed by atoms with Crippen LogP contribution >= 0.6 is 0 Å². The second kappa shape index (κ2) is 5.79. The van der Waals surface area contributed by atoms with Crippen LogP contribution in [0.4, 0.5) is 5.82 Å². The fourth-order valence-corrected chi connectivity index (χ4v) is 3.88. The van der Waals surface area contributed by atoms with Crippen LogP contribution in [-0.2, 0) is 0 Å². The fraction of sp³-hybridized carbons (Fsp3) is 0.526. The van der Waals surface area contributed by atoms with Crippen molar-refractivity contribution in [2.24, 2.45) is 11.3 Å². The van der Waals surface area contributed by atoms with E-state index in [4.69, 9.17) is 5.73 Å². The number of benzene rings is 1. The van der Waals surface area contributed by atoms with E-state index in [1.54, 1.807) is 0 Å². The van der Waals surface area contributed by atoms with E-state index in [0.717, 1.165) is 11.5 Å². The maximum atomic E-state index is 6.03. The number of nitrogens with one attached hydrogen (secondary N) is 1. The summed E-state index contributed by atoms with van der Waals surface area (Å²) in [4.78, 5) is 0. The van der Waals surface area contributed by atoms with E-state index in [1.165, 1.54) is 36.8 Å². The van der Waals surface area contributed by atoms with Crippen molar-refractivity contribution in [1.29, 1.82) is 0 Å². The molecule has 2 aromatic rings. The lowest BCUT2D eigenvalue weighted by molar-refractivity contribution is 0.169. The van der Waals surface area contributed by atoms with Crippen molar-refractivity contribution in [2.75, 3.05) is 5.73 Å². The van der Waals surface area contributed by atoms with E-state index >= 15 is 0 Å². The van der Waals surface area contributed by atoms with E-state index < -0.39 is 0 Å². The van der Waals surface area contributed by atoms with Crippen LogP contribution in [-0.4, -0.2) is 10.2 Å². The summed E-state index contributed by atoms with van der Waals surface area (Å²) in [6, 6.07) is 8.67. The Bertz CT molecular complexity index is 628. The Labute approximate surface area is 133 Å². The predicted octanol–water partition coefficient (Wildman–Crippen LogP) is 4.98. The van der Waals surface area contributed by atoms with Crippen molar-refractivity contribution >= 4 is 5.82 Å². The Balaban J connectivity index is 1.84. The summed E-state index contributed by atoms with van der Waals surface area (Å²) in [5, 5.41) is 6.93. The maximum absolute atomic E-state index is 6.03. The molecule has 0 saturated heterocycles. The molecule has 22 heavy (non-hydrogen) atoms. The van der Waals surface area contributed by atoms with Crippen LogP contribution in [0.2, 0.25) is 0 Å². The molecule has 3 heteroatoms. The number of hydrogen-bond donors (Lipinski definition) is 2. The van der Waals surface area contributed by atoms with Gasteiger partial charge in [0.15, 0.2) is 0 Å². The Morgan fingerprint density at radius 1 is 1.05 bits per heavy atom. The first kappa shape index (κ1) is 15.1. The number of nitrogens with zero attached hydrogens (tertiary/aromatic N) is 1. The summed E-state index contributed by atoms with van der Waals surface area (Å²) in [5.41, 5.74) is 10.2. The van der Waals surface area contributed by atoms with E-state index in [-0.39, 0.29) is 0 Å². The first-order chi connectivity index (χ1) is 10.5. The summed E-state index contributed by atoms with van der Waals surface area (Å²) in [6.45, 7) is 7.12. The Kier molecular flexibility index (Phi) is 3.98. The number of aromatic amines is 1. The van der Waals surface area contributed by atoms with Crippen LogP contribution in [0.1, 0.15) is 57.9 Å². The van der Waals surface area contributed by atoms with Crippen LogP contribution in [0, 0.1) is 11.3 Å². The van der Waals surface area contributed by atoms with Crippen molar-refractivity contribution in [3.05, 3.63) is 36.0 Å². The molecule has 0 bridgehead atoms. The minimum atomic E-state index is 0.430. The zero-order valence-electron chi connectivity index (χ0n) is 13.9. The average Bonchev–Trinajstić information content (AvgIpc) is 2.92. The molecule has 3 nitrogen and oxygen atoms in total. The predicted molar refractivity (Wildman–Crippen MR) is 92.6 cm³/mol. The van der Waals surface area contributed by atoms with Crippen molar-refractivity contribution < 1.29 is 0 Å². The van der Waals surface area contributed by atoms with Crippen molar-refractivity contribution in [3.8, 4) is 11.1 Å². The molecule has 1 heterocycles. The Hall–Kier alpha value is -1.77. The molecule has 1 aromatic heterocycles. The summed E-state index contributed by atoms with van der Waals surface area (Å²) < 4.78 is 0. The zero-order chi connectivity index (χ0) is 15.7. The average molecular weight is 297 g/mol. The Morgan fingerprint density at radius 2 is 1.73 bits per heavy atom. The van der Waals surface area contributed by atoms with E-state index in [9.17, 15) is 0 Å². The quantitative estimate of drug-likeness (QED) is 0.821. The highest BCUT2D eigenvalue weighted by Gasteiger charge is 2.31. The van der Waals surface area contributed by atoms with Crippen molar-refractivity contribution in [1.82, 2.24) is 10.2 Å². The highest BCUT2D eigenvalue weighted by atomic mass is 15.1. The van der Waals surface area contributed by atoms with Gasteiger partial charge in [-0.05, 0) is 54.1 Å². The van der Waals surface area contributed by atoms with Crippen LogP contribution in [0.3, 0.4) is 0 Å². The molecule has 0 radical (unpaired) electrons. The van der Waals surface area contributed by atoms with Gasteiger partial charge in [0.05, 0.1) is 6.20 Å². The third-order valence-electron chi connectivity index (χ3n) is 5.31. The van der Waals surface area contributed by atoms with Gasteiger partial charge in [-0.2, -0.15) is 5.10 Å². The topological polar surface area (TPSA) is 54.7 Å². The molecule has 1 fully saturated rings. The standard InChI is InChI=1S/C19H27N3/c1-19(2,3)14-10-8-13(9-11-14)15-6-4-5-7-16(15)17-12-21-22-18(17)20/h4-7,12-14H,8-11H2,1-3H3,(H3,20,21,22). The minimum Gasteiger partial charge on any atom is -0.384 e. The molecule has 0 unspecified atom stereocenters. The van der Waals surface area contributed by atoms with E-state index in [1.807, 2.05) is 6.20 Å². The van der Waals surface area contributed by atoms with Gasteiger partial charge in [-0.3, -0.25) is 5.10 Å². The second-order valence-electron chi connectivity index (χ2n) is 7.70. The largest absolute Gasteiger partial charge is 0.384 e. The highest BCUT2D eigenvalue weighted by Crippen LogP contribution is 2.45. The van der Waals surface area contributed by atoms with Gasteiger partial charge in [-0.15, -0.1) is 0 Å². The van der Waals surface area contributed by atoms with Crippen molar-refractivity contribution in [2.45, 2.75) is 52.4 Å². The first-order valence-electron chi connectivity index (χ1n) is 8.35. The number of aromatic nitrogens is 2. The molecular formula is C19H27N3. The lowest BCUT2D eigenvalue weighted by atomic mass is 9.68. The molecule has 118 valence electrons. The fourth-order valence-electron chi connectivity index (χ4n) is 3.88. The molecule has 1 aliphatic rings. The number of nitrogen functional groups attached to an aromatic ring is 1. The van der Waals surface area contributed by atoms with Crippen molar-refractivity contribution in [3.63, 3.8) is 0 Å². The minimum absolute atomic E-state index is 0.430. The lowest BCUT2D eigenvalue weighted by Crippen LogP contribution is -2.25. The van der Waals surface area contributed by atoms with Gasteiger partial charge < -0.3 is 5.73 Å². The molecule has 1 aromatic carbocycles. The molecule has 0 amide bonds. The monoisotopic (exact) mass is 297 g/mol. The molecule has 3 N–H and O–H groups in total. The summed E-state index contributed by atoms with van der Waals surface area (Å²) in [5.74, 6) is 2.15.